The van der Waals surface area contributed by atoms with Gasteiger partial charge in [0.2, 0.25) is 0 Å². The van der Waals surface area contributed by atoms with E-state index in [0.29, 0.717) is 11.1 Å². The van der Waals surface area contributed by atoms with Gasteiger partial charge in [0.25, 0.3) is 0 Å². The maximum Gasteiger partial charge on any atom is 0.140 e. The molecule has 0 radical (unpaired) electrons. The minimum atomic E-state index is 0.351. The number of halogens is 2. The van der Waals surface area contributed by atoms with Crippen molar-refractivity contribution in [3.8, 4) is 0 Å². The molecule has 1 saturated heterocycles. The van der Waals surface area contributed by atoms with Crippen LogP contribution in [0.1, 0.15) is 12.8 Å². The van der Waals surface area contributed by atoms with E-state index >= 15 is 0 Å². The summed E-state index contributed by atoms with van der Waals surface area (Å²) in [5.74, 6) is 0.829. The smallest absolute Gasteiger partial charge is 0.140 e. The monoisotopic (exact) mass is 290 g/mol. The van der Waals surface area contributed by atoms with Gasteiger partial charge in [-0.1, -0.05) is 11.6 Å². The number of anilines is 1. The summed E-state index contributed by atoms with van der Waals surface area (Å²) in [6, 6.07) is 2.18. The molecule has 0 spiro atoms. The predicted octanol–water partition coefficient (Wildman–Crippen LogP) is 3.09. The molecule has 1 fully saturated rings. The van der Waals surface area contributed by atoms with Gasteiger partial charge in [0.15, 0.2) is 0 Å². The Bertz CT molecular complexity index is 342. The van der Waals surface area contributed by atoms with Crippen LogP contribution in [0.4, 0.5) is 5.82 Å². The van der Waals surface area contributed by atoms with E-state index in [1.165, 1.54) is 0 Å². The Labute approximate surface area is 102 Å². The first-order chi connectivity index (χ1) is 7.25. The topological polar surface area (TPSA) is 34.2 Å². The molecule has 1 N–H and O–H groups in total. The van der Waals surface area contributed by atoms with E-state index in [1.807, 2.05) is 6.07 Å². The summed E-state index contributed by atoms with van der Waals surface area (Å²) in [7, 11) is 0. The van der Waals surface area contributed by atoms with E-state index in [9.17, 15) is 0 Å². The molecule has 1 unspecified atom stereocenters. The molecule has 1 aliphatic heterocycles. The number of aromatic nitrogens is 1. The second-order valence-corrected chi connectivity index (χ2v) is 4.83. The Morgan fingerprint density at radius 2 is 2.47 bits per heavy atom. The number of ether oxygens (including phenoxy) is 1. The van der Waals surface area contributed by atoms with Gasteiger partial charge in [0.1, 0.15) is 5.82 Å². The largest absolute Gasteiger partial charge is 0.379 e. The lowest BCUT2D eigenvalue weighted by molar-refractivity contribution is 0.0875. The van der Waals surface area contributed by atoms with Crippen LogP contribution < -0.4 is 5.32 Å². The number of nitrogens with zero attached hydrogens (tertiary/aromatic N) is 1. The number of nitrogens with one attached hydrogen (secondary N) is 1. The third-order valence-corrected chi connectivity index (χ3v) is 3.12. The van der Waals surface area contributed by atoms with Crippen LogP contribution in [0.3, 0.4) is 0 Å². The summed E-state index contributed by atoms with van der Waals surface area (Å²) in [4.78, 5) is 4.23. The maximum absolute atomic E-state index is 5.81. The molecule has 0 bridgehead atoms. The molecule has 82 valence electrons. The molecular weight excluding hydrogens is 279 g/mol. The van der Waals surface area contributed by atoms with Crippen molar-refractivity contribution in [1.29, 1.82) is 0 Å². The fourth-order valence-corrected chi connectivity index (χ4v) is 2.32. The van der Waals surface area contributed by atoms with Crippen molar-refractivity contribution < 1.29 is 4.74 Å². The van der Waals surface area contributed by atoms with Gasteiger partial charge in [-0.05, 0) is 34.8 Å². The molecule has 3 nitrogen and oxygen atoms in total. The lowest BCUT2D eigenvalue weighted by Crippen LogP contribution is -2.30. The molecule has 2 rings (SSSR count). The first kappa shape index (κ1) is 11.2. The molecule has 2 heterocycles. The molecular formula is C10H12BrClN2O. The number of hydrogen-bond donors (Lipinski definition) is 1. The van der Waals surface area contributed by atoms with Gasteiger partial charge in [-0.15, -0.1) is 0 Å². The maximum atomic E-state index is 5.81. The summed E-state index contributed by atoms with van der Waals surface area (Å²) < 4.78 is 6.28. The van der Waals surface area contributed by atoms with Crippen molar-refractivity contribution in [3.05, 3.63) is 21.8 Å². The number of pyridine rings is 1. The van der Waals surface area contributed by atoms with Gasteiger partial charge in [-0.2, -0.15) is 0 Å². The zero-order valence-electron chi connectivity index (χ0n) is 8.17. The Morgan fingerprint density at radius 3 is 3.13 bits per heavy atom. The van der Waals surface area contributed by atoms with Crippen molar-refractivity contribution >= 4 is 33.3 Å². The Hall–Kier alpha value is -0.320. The van der Waals surface area contributed by atoms with E-state index in [4.69, 9.17) is 16.3 Å². The normalized spacial score (nSPS) is 21.3. The van der Waals surface area contributed by atoms with Gasteiger partial charge in [0.05, 0.1) is 22.1 Å². The minimum absolute atomic E-state index is 0.351. The van der Waals surface area contributed by atoms with Crippen LogP contribution in [-0.4, -0.2) is 24.2 Å². The molecule has 0 amide bonds. The molecule has 1 aromatic rings. The second-order valence-electron chi connectivity index (χ2n) is 3.54. The van der Waals surface area contributed by atoms with Gasteiger partial charge in [-0.3, -0.25) is 0 Å². The SMILES string of the molecule is Clc1cnc(NC2CCCOC2)c(Br)c1. The standard InChI is InChI=1S/C10H12BrClN2O/c11-9-4-7(12)5-13-10(9)14-8-2-1-3-15-6-8/h4-5,8H,1-3,6H2,(H,13,14). The molecule has 1 atom stereocenters. The fourth-order valence-electron chi connectivity index (χ4n) is 1.57. The van der Waals surface area contributed by atoms with Gasteiger partial charge in [0, 0.05) is 12.8 Å². The lowest BCUT2D eigenvalue weighted by Gasteiger charge is -2.24. The summed E-state index contributed by atoms with van der Waals surface area (Å²) in [6.07, 6.45) is 3.86. The summed E-state index contributed by atoms with van der Waals surface area (Å²) >= 11 is 9.24. The fraction of sp³-hybridized carbons (Fsp3) is 0.500. The van der Waals surface area contributed by atoms with Crippen LogP contribution in [0.15, 0.2) is 16.7 Å². The van der Waals surface area contributed by atoms with Crippen molar-refractivity contribution in [2.24, 2.45) is 0 Å². The van der Waals surface area contributed by atoms with Crippen LogP contribution in [0, 0.1) is 0 Å². The highest BCUT2D eigenvalue weighted by Crippen LogP contribution is 2.24. The van der Waals surface area contributed by atoms with Crippen LogP contribution >= 0.6 is 27.5 Å². The van der Waals surface area contributed by atoms with Gasteiger partial charge >= 0.3 is 0 Å². The minimum Gasteiger partial charge on any atom is -0.379 e. The lowest BCUT2D eigenvalue weighted by atomic mass is 10.1. The zero-order chi connectivity index (χ0) is 10.7. The molecule has 1 aliphatic rings. The van der Waals surface area contributed by atoms with Crippen molar-refractivity contribution in [3.63, 3.8) is 0 Å². The highest BCUT2D eigenvalue weighted by atomic mass is 79.9. The quantitative estimate of drug-likeness (QED) is 0.909. The van der Waals surface area contributed by atoms with E-state index in [1.54, 1.807) is 6.20 Å². The highest BCUT2D eigenvalue weighted by Gasteiger charge is 2.15. The Balaban J connectivity index is 2.03. The van der Waals surface area contributed by atoms with Crippen LogP contribution in [0.25, 0.3) is 0 Å². The van der Waals surface area contributed by atoms with Crippen molar-refractivity contribution in [1.82, 2.24) is 4.98 Å². The Kier molecular flexibility index (Phi) is 3.83. The summed E-state index contributed by atoms with van der Waals surface area (Å²) in [5, 5.41) is 3.97. The van der Waals surface area contributed by atoms with Crippen molar-refractivity contribution in [2.75, 3.05) is 18.5 Å². The third kappa shape index (κ3) is 3.06. The first-order valence-electron chi connectivity index (χ1n) is 4.91. The van der Waals surface area contributed by atoms with Crippen LogP contribution in [0.5, 0.6) is 0 Å². The number of rotatable bonds is 2. The van der Waals surface area contributed by atoms with E-state index in [2.05, 4.69) is 26.2 Å². The number of hydrogen-bond acceptors (Lipinski definition) is 3. The summed E-state index contributed by atoms with van der Waals surface area (Å²) in [5.41, 5.74) is 0. The molecule has 0 aliphatic carbocycles. The molecule has 0 aromatic carbocycles. The predicted molar refractivity (Wildman–Crippen MR) is 64.4 cm³/mol. The third-order valence-electron chi connectivity index (χ3n) is 2.31. The van der Waals surface area contributed by atoms with Crippen LogP contribution in [-0.2, 0) is 4.74 Å². The average molecular weight is 292 g/mol. The van der Waals surface area contributed by atoms with Crippen molar-refractivity contribution in [2.45, 2.75) is 18.9 Å². The van der Waals surface area contributed by atoms with E-state index < -0.39 is 0 Å². The highest BCUT2D eigenvalue weighted by molar-refractivity contribution is 9.10. The van der Waals surface area contributed by atoms with Crippen LogP contribution in [0.2, 0.25) is 5.02 Å². The summed E-state index contributed by atoms with van der Waals surface area (Å²) in [6.45, 7) is 1.62. The average Bonchev–Trinajstić information content (AvgIpc) is 2.24. The Morgan fingerprint density at radius 1 is 1.60 bits per heavy atom. The van der Waals surface area contributed by atoms with E-state index in [-0.39, 0.29) is 0 Å². The van der Waals surface area contributed by atoms with E-state index in [0.717, 1.165) is 36.3 Å². The zero-order valence-corrected chi connectivity index (χ0v) is 10.5. The molecule has 1 aromatic heterocycles. The molecule has 15 heavy (non-hydrogen) atoms. The molecule has 5 heteroatoms. The van der Waals surface area contributed by atoms with Gasteiger partial charge < -0.3 is 10.1 Å². The molecule has 0 saturated carbocycles. The second kappa shape index (κ2) is 5.14. The first-order valence-corrected chi connectivity index (χ1v) is 6.08. The van der Waals surface area contributed by atoms with Gasteiger partial charge in [-0.25, -0.2) is 4.98 Å².